The number of fused-ring (bicyclic) bond motifs is 1. The average Bonchev–Trinajstić information content (AvgIpc) is 2.89. The number of nitrogen functional groups attached to an aromatic ring is 1. The summed E-state index contributed by atoms with van der Waals surface area (Å²) in [6, 6.07) is 15.7. The lowest BCUT2D eigenvalue weighted by atomic mass is 9.96. The summed E-state index contributed by atoms with van der Waals surface area (Å²) in [4.78, 5) is 28.4. The zero-order valence-corrected chi connectivity index (χ0v) is 21.8. The number of anilines is 3. The normalized spacial score (nSPS) is 16.0. The molecule has 0 radical (unpaired) electrons. The molecule has 3 heterocycles. The van der Waals surface area contributed by atoms with Crippen LogP contribution in [0.25, 0.3) is 11.3 Å². The van der Waals surface area contributed by atoms with Crippen LogP contribution in [0.3, 0.4) is 0 Å². The average molecular weight is 502 g/mol. The Hall–Kier alpha value is -3.85. The van der Waals surface area contributed by atoms with Crippen molar-refractivity contribution in [3.63, 3.8) is 0 Å². The van der Waals surface area contributed by atoms with Crippen LogP contribution in [-0.4, -0.2) is 71.7 Å². The molecular weight excluding hydrogens is 466 g/mol. The number of benzene rings is 2. The molecule has 2 aliphatic heterocycles. The maximum absolute atomic E-state index is 13.0. The molecule has 2 aromatic carbocycles. The van der Waals surface area contributed by atoms with Gasteiger partial charge in [-0.05, 0) is 68.8 Å². The van der Waals surface area contributed by atoms with Gasteiger partial charge in [-0.3, -0.25) is 0 Å². The zero-order chi connectivity index (χ0) is 25.9. The van der Waals surface area contributed by atoms with Gasteiger partial charge in [-0.2, -0.15) is 4.98 Å². The van der Waals surface area contributed by atoms with E-state index in [1.54, 1.807) is 0 Å². The van der Waals surface area contributed by atoms with Crippen LogP contribution in [0, 0.1) is 0 Å². The Bertz CT molecular complexity index is 1250. The second-order valence-corrected chi connectivity index (χ2v) is 10.0. The third kappa shape index (κ3) is 5.94. The predicted octanol–water partition coefficient (Wildman–Crippen LogP) is 3.86. The van der Waals surface area contributed by atoms with Crippen molar-refractivity contribution in [1.82, 2.24) is 19.8 Å². The van der Waals surface area contributed by atoms with Crippen LogP contribution < -0.4 is 20.7 Å². The zero-order valence-electron chi connectivity index (χ0n) is 21.8. The Morgan fingerprint density at radius 3 is 2.46 bits per heavy atom. The fourth-order valence-electron chi connectivity index (χ4n) is 4.78. The van der Waals surface area contributed by atoms with Crippen LogP contribution >= 0.6 is 0 Å². The van der Waals surface area contributed by atoms with Crippen molar-refractivity contribution in [3.8, 4) is 17.0 Å². The minimum atomic E-state index is -0.114. The van der Waals surface area contributed by atoms with Gasteiger partial charge in [-0.1, -0.05) is 12.1 Å². The van der Waals surface area contributed by atoms with Crippen LogP contribution in [0.2, 0.25) is 0 Å². The van der Waals surface area contributed by atoms with Gasteiger partial charge in [-0.25, -0.2) is 9.78 Å². The minimum absolute atomic E-state index is 0.107. The molecule has 0 saturated carbocycles. The third-order valence-corrected chi connectivity index (χ3v) is 6.84. The van der Waals surface area contributed by atoms with Crippen LogP contribution in [0.5, 0.6) is 5.75 Å². The molecule has 0 aliphatic carbocycles. The molecule has 3 aromatic rings. The molecule has 9 heteroatoms. The molecule has 1 fully saturated rings. The Kier molecular flexibility index (Phi) is 7.14. The number of hydrogen-bond donors (Lipinski definition) is 2. The van der Waals surface area contributed by atoms with Crippen LogP contribution in [-0.2, 0) is 13.0 Å². The monoisotopic (exact) mass is 501 g/mol. The maximum atomic E-state index is 13.0. The van der Waals surface area contributed by atoms with Crippen molar-refractivity contribution in [2.45, 2.75) is 32.9 Å². The first-order valence-electron chi connectivity index (χ1n) is 12.9. The van der Waals surface area contributed by atoms with Gasteiger partial charge >= 0.3 is 6.03 Å². The van der Waals surface area contributed by atoms with E-state index in [0.29, 0.717) is 13.1 Å². The van der Waals surface area contributed by atoms with Gasteiger partial charge < -0.3 is 30.5 Å². The number of nitrogens with one attached hydrogen (secondary N) is 1. The molecule has 2 aliphatic rings. The van der Waals surface area contributed by atoms with Crippen LogP contribution in [0.4, 0.5) is 22.2 Å². The topological polar surface area (TPSA) is 99.9 Å². The molecule has 2 amide bonds. The molecule has 5 rings (SSSR count). The summed E-state index contributed by atoms with van der Waals surface area (Å²) in [5.74, 6) is 1.92. The van der Waals surface area contributed by atoms with Gasteiger partial charge in [0.05, 0.1) is 11.8 Å². The van der Waals surface area contributed by atoms with Gasteiger partial charge in [0.25, 0.3) is 0 Å². The van der Waals surface area contributed by atoms with E-state index in [4.69, 9.17) is 10.5 Å². The lowest BCUT2D eigenvalue weighted by Crippen LogP contribution is -2.44. The van der Waals surface area contributed by atoms with Gasteiger partial charge in [0.2, 0.25) is 5.95 Å². The third-order valence-electron chi connectivity index (χ3n) is 6.84. The summed E-state index contributed by atoms with van der Waals surface area (Å²) in [5, 5.41) is 3.01. The number of urea groups is 1. The standard InChI is InChI=1S/C28H35N7O2/c1-19(2)37-24-8-6-23(7-9-24)30-28(36)35-11-10-20-4-5-21(16-22(20)18-35)25-17-26(32-27(29)31-25)34-14-12-33(3)13-15-34/h4-9,16-17,19H,10-15,18H2,1-3H3,(H,30,36)(H2,29,31,32). The molecule has 3 N–H and O–H groups in total. The van der Waals surface area contributed by atoms with Crippen molar-refractivity contribution in [3.05, 3.63) is 59.7 Å². The van der Waals surface area contributed by atoms with Crippen molar-refractivity contribution in [2.75, 3.05) is 55.7 Å². The second-order valence-electron chi connectivity index (χ2n) is 10.0. The summed E-state index contributed by atoms with van der Waals surface area (Å²) >= 11 is 0. The number of piperazine rings is 1. The highest BCUT2D eigenvalue weighted by atomic mass is 16.5. The Labute approximate surface area is 218 Å². The Balaban J connectivity index is 1.29. The van der Waals surface area contributed by atoms with Gasteiger partial charge in [0.15, 0.2) is 0 Å². The highest BCUT2D eigenvalue weighted by Crippen LogP contribution is 2.28. The van der Waals surface area contributed by atoms with E-state index in [9.17, 15) is 4.79 Å². The number of nitrogens with zero attached hydrogens (tertiary/aromatic N) is 5. The summed E-state index contributed by atoms with van der Waals surface area (Å²) in [7, 11) is 2.13. The molecule has 0 spiro atoms. The Morgan fingerprint density at radius 2 is 1.73 bits per heavy atom. The molecule has 37 heavy (non-hydrogen) atoms. The Morgan fingerprint density at radius 1 is 0.973 bits per heavy atom. The van der Waals surface area contributed by atoms with Crippen molar-refractivity contribution >= 4 is 23.5 Å². The van der Waals surface area contributed by atoms with E-state index >= 15 is 0 Å². The SMILES string of the molecule is CC(C)Oc1ccc(NC(=O)N2CCc3ccc(-c4cc(N5CCN(C)CC5)nc(N)n4)cc3C2)cc1. The summed E-state index contributed by atoms with van der Waals surface area (Å²) in [6.07, 6.45) is 0.916. The van der Waals surface area contributed by atoms with Crippen molar-refractivity contribution in [1.29, 1.82) is 0 Å². The molecule has 0 unspecified atom stereocenters. The van der Waals surface area contributed by atoms with E-state index in [1.807, 2.05) is 49.1 Å². The molecule has 0 bridgehead atoms. The largest absolute Gasteiger partial charge is 0.491 e. The van der Waals surface area contributed by atoms with Crippen LogP contribution in [0.1, 0.15) is 25.0 Å². The van der Waals surface area contributed by atoms with Crippen molar-refractivity contribution < 1.29 is 9.53 Å². The maximum Gasteiger partial charge on any atom is 0.322 e. The predicted molar refractivity (Wildman–Crippen MR) is 147 cm³/mol. The number of carbonyl (C=O) groups is 1. The number of likely N-dealkylation sites (N-methyl/N-ethyl adjacent to an activating group) is 1. The van der Waals surface area contributed by atoms with E-state index in [0.717, 1.165) is 66.7 Å². The summed E-state index contributed by atoms with van der Waals surface area (Å²) < 4.78 is 5.69. The highest BCUT2D eigenvalue weighted by molar-refractivity contribution is 5.89. The molecule has 1 saturated heterocycles. The summed E-state index contributed by atoms with van der Waals surface area (Å²) in [5.41, 5.74) is 11.0. The second kappa shape index (κ2) is 10.6. The molecule has 9 nitrogen and oxygen atoms in total. The van der Waals surface area contributed by atoms with E-state index in [-0.39, 0.29) is 18.1 Å². The number of hydrogen-bond acceptors (Lipinski definition) is 7. The first-order chi connectivity index (χ1) is 17.8. The molecule has 1 aromatic heterocycles. The molecule has 0 atom stereocenters. The summed E-state index contributed by atoms with van der Waals surface area (Å²) in [6.45, 7) is 8.99. The van der Waals surface area contributed by atoms with Crippen LogP contribution in [0.15, 0.2) is 48.5 Å². The van der Waals surface area contributed by atoms with Gasteiger partial charge in [0, 0.05) is 56.6 Å². The highest BCUT2D eigenvalue weighted by Gasteiger charge is 2.22. The number of ether oxygens (including phenoxy) is 1. The number of amides is 2. The first-order valence-corrected chi connectivity index (χ1v) is 12.9. The van der Waals surface area contributed by atoms with Gasteiger partial charge in [0.1, 0.15) is 11.6 Å². The fourth-order valence-corrected chi connectivity index (χ4v) is 4.78. The number of nitrogens with two attached hydrogens (primary N) is 1. The number of rotatable bonds is 5. The van der Waals surface area contributed by atoms with Gasteiger partial charge in [-0.15, -0.1) is 0 Å². The molecule has 194 valence electrons. The number of aromatic nitrogens is 2. The fraction of sp³-hybridized carbons (Fsp3) is 0.393. The quantitative estimate of drug-likeness (QED) is 0.548. The van der Waals surface area contributed by atoms with E-state index < -0.39 is 0 Å². The van der Waals surface area contributed by atoms with E-state index in [2.05, 4.69) is 50.3 Å². The lowest BCUT2D eigenvalue weighted by Gasteiger charge is -2.33. The smallest absolute Gasteiger partial charge is 0.322 e. The molecular formula is C28H35N7O2. The first kappa shape index (κ1) is 24.8. The minimum Gasteiger partial charge on any atom is -0.491 e. The lowest BCUT2D eigenvalue weighted by molar-refractivity contribution is 0.206. The van der Waals surface area contributed by atoms with Crippen molar-refractivity contribution in [2.24, 2.45) is 0 Å². The van der Waals surface area contributed by atoms with E-state index in [1.165, 1.54) is 5.56 Å². The number of carbonyl (C=O) groups excluding carboxylic acids is 1.